The van der Waals surface area contributed by atoms with Crippen molar-refractivity contribution in [1.29, 1.82) is 0 Å². The second kappa shape index (κ2) is 14.1. The standard InChI is InChI=1S/C30H42ClFN6O6/c1-30(2,3)44-29(41)33-21-11-9-13-36(17-21)26-22(14-19-10-7-8-12-23(19)31)25(34-38(26)18-42-5)28(40)37-16-20(32)15-24(37)27(39)35(4)43-6/h7-8,10,12,20-21,24H,9,11,13-18H2,1-6H3,(H,33,41)/t20-,21+,24-/m0/s1. The molecule has 1 aromatic heterocycles. The lowest BCUT2D eigenvalue weighted by Crippen LogP contribution is -2.49. The minimum atomic E-state index is -1.38. The van der Waals surface area contributed by atoms with Gasteiger partial charge in [-0.15, -0.1) is 0 Å². The first-order valence-electron chi connectivity index (χ1n) is 14.7. The zero-order valence-electron chi connectivity index (χ0n) is 26.1. The predicted octanol–water partition coefficient (Wildman–Crippen LogP) is 3.80. The Labute approximate surface area is 262 Å². The van der Waals surface area contributed by atoms with Gasteiger partial charge in [0.25, 0.3) is 11.8 Å². The number of likely N-dealkylation sites (tertiary alicyclic amines) is 1. The monoisotopic (exact) mass is 636 g/mol. The lowest BCUT2D eigenvalue weighted by molar-refractivity contribution is -0.172. The summed E-state index contributed by atoms with van der Waals surface area (Å²) >= 11 is 6.57. The summed E-state index contributed by atoms with van der Waals surface area (Å²) in [7, 11) is 4.27. The molecule has 0 unspecified atom stereocenters. The molecule has 3 atom stereocenters. The van der Waals surface area contributed by atoms with Crippen LogP contribution in [0.1, 0.15) is 61.6 Å². The summed E-state index contributed by atoms with van der Waals surface area (Å²) in [5, 5.41) is 9.16. The van der Waals surface area contributed by atoms with Crippen molar-refractivity contribution in [3.63, 3.8) is 0 Å². The minimum absolute atomic E-state index is 0.0271. The van der Waals surface area contributed by atoms with E-state index in [2.05, 4.69) is 15.3 Å². The molecule has 12 nitrogen and oxygen atoms in total. The summed E-state index contributed by atoms with van der Waals surface area (Å²) in [5.41, 5.74) is 0.759. The summed E-state index contributed by atoms with van der Waals surface area (Å²) in [6.45, 7) is 6.24. The molecule has 0 aliphatic carbocycles. The number of halogens is 2. The van der Waals surface area contributed by atoms with Crippen LogP contribution in [0.3, 0.4) is 0 Å². The second-order valence-corrected chi connectivity index (χ2v) is 12.5. The molecule has 14 heteroatoms. The first-order chi connectivity index (χ1) is 20.8. The van der Waals surface area contributed by atoms with Crippen molar-refractivity contribution in [3.05, 3.63) is 46.1 Å². The van der Waals surface area contributed by atoms with Gasteiger partial charge in [0.15, 0.2) is 5.69 Å². The molecule has 2 aromatic rings. The van der Waals surface area contributed by atoms with Crippen LogP contribution in [0.4, 0.5) is 15.0 Å². The number of alkyl carbamates (subject to hydrolysis) is 1. The van der Waals surface area contributed by atoms with Gasteiger partial charge in [0.1, 0.15) is 30.4 Å². The molecule has 2 saturated heterocycles. The maximum Gasteiger partial charge on any atom is 0.407 e. The first kappa shape index (κ1) is 33.5. The van der Waals surface area contributed by atoms with Crippen molar-refractivity contribution in [3.8, 4) is 0 Å². The van der Waals surface area contributed by atoms with Gasteiger partial charge in [0.05, 0.1) is 13.7 Å². The quantitative estimate of drug-likeness (QED) is 0.413. The summed E-state index contributed by atoms with van der Waals surface area (Å²) in [6.07, 6.45) is -0.302. The predicted molar refractivity (Wildman–Crippen MR) is 162 cm³/mol. The van der Waals surface area contributed by atoms with E-state index in [0.29, 0.717) is 29.5 Å². The van der Waals surface area contributed by atoms with Gasteiger partial charge in [-0.3, -0.25) is 14.4 Å². The number of nitrogens with zero attached hydrogens (tertiary/aromatic N) is 5. The fourth-order valence-electron chi connectivity index (χ4n) is 5.66. The number of carbonyl (C=O) groups is 3. The number of hydrogen-bond donors (Lipinski definition) is 1. The van der Waals surface area contributed by atoms with E-state index in [4.69, 9.17) is 25.9 Å². The number of piperidine rings is 1. The molecule has 3 heterocycles. The fourth-order valence-corrected chi connectivity index (χ4v) is 5.87. The molecule has 1 N–H and O–H groups in total. The van der Waals surface area contributed by atoms with Gasteiger partial charge in [-0.1, -0.05) is 29.8 Å². The van der Waals surface area contributed by atoms with Gasteiger partial charge in [-0.25, -0.2) is 18.9 Å². The highest BCUT2D eigenvalue weighted by molar-refractivity contribution is 6.31. The Morgan fingerprint density at radius 1 is 1.18 bits per heavy atom. The topological polar surface area (TPSA) is 118 Å². The number of likely N-dealkylation sites (N-methyl/N-ethyl adjacent to an activating group) is 1. The molecule has 0 spiro atoms. The van der Waals surface area contributed by atoms with Crippen LogP contribution in [0, 0.1) is 0 Å². The van der Waals surface area contributed by atoms with Crippen molar-refractivity contribution < 1.29 is 33.1 Å². The molecule has 0 saturated carbocycles. The van der Waals surface area contributed by atoms with Gasteiger partial charge >= 0.3 is 6.09 Å². The van der Waals surface area contributed by atoms with Crippen molar-refractivity contribution in [2.24, 2.45) is 0 Å². The van der Waals surface area contributed by atoms with Gasteiger partial charge in [0, 0.05) is 56.7 Å². The number of rotatable bonds is 9. The van der Waals surface area contributed by atoms with Gasteiger partial charge in [-0.05, 0) is 45.2 Å². The third-order valence-electron chi connectivity index (χ3n) is 7.62. The van der Waals surface area contributed by atoms with E-state index in [-0.39, 0.29) is 37.9 Å². The van der Waals surface area contributed by atoms with E-state index in [1.54, 1.807) is 31.5 Å². The largest absolute Gasteiger partial charge is 0.444 e. The molecule has 4 rings (SSSR count). The smallest absolute Gasteiger partial charge is 0.407 e. The molecule has 44 heavy (non-hydrogen) atoms. The lowest BCUT2D eigenvalue weighted by atomic mass is 10.0. The van der Waals surface area contributed by atoms with Crippen LogP contribution in [0.15, 0.2) is 24.3 Å². The summed E-state index contributed by atoms with van der Waals surface area (Å²) < 4.78 is 27.3. The average molecular weight is 637 g/mol. The number of anilines is 1. The van der Waals surface area contributed by atoms with Crippen LogP contribution in [0.5, 0.6) is 0 Å². The number of carbonyl (C=O) groups excluding carboxylic acids is 3. The van der Waals surface area contributed by atoms with Gasteiger partial charge in [0.2, 0.25) is 0 Å². The number of amides is 3. The van der Waals surface area contributed by atoms with E-state index in [9.17, 15) is 18.8 Å². The third-order valence-corrected chi connectivity index (χ3v) is 7.99. The van der Waals surface area contributed by atoms with Gasteiger partial charge in [-0.2, -0.15) is 5.10 Å². The Hall–Kier alpha value is -3.42. The molecule has 0 radical (unpaired) electrons. The van der Waals surface area contributed by atoms with Crippen molar-refractivity contribution >= 4 is 35.3 Å². The van der Waals surface area contributed by atoms with Crippen LogP contribution in [-0.4, -0.2) is 102 Å². The Morgan fingerprint density at radius 2 is 1.91 bits per heavy atom. The normalized spacial score (nSPS) is 20.5. The van der Waals surface area contributed by atoms with E-state index < -0.39 is 35.7 Å². The number of alkyl halides is 1. The molecular weight excluding hydrogens is 595 g/mol. The molecule has 1 aromatic carbocycles. The highest BCUT2D eigenvalue weighted by Crippen LogP contribution is 2.34. The van der Waals surface area contributed by atoms with Crippen LogP contribution >= 0.6 is 11.6 Å². The maximum absolute atomic E-state index is 14.8. The van der Waals surface area contributed by atoms with E-state index in [0.717, 1.165) is 23.5 Å². The minimum Gasteiger partial charge on any atom is -0.444 e. The molecule has 2 aliphatic rings. The number of benzene rings is 1. The van der Waals surface area contributed by atoms with Crippen molar-refractivity contribution in [1.82, 2.24) is 25.1 Å². The maximum atomic E-state index is 14.8. The number of hydroxylamine groups is 2. The Kier molecular flexibility index (Phi) is 10.7. The highest BCUT2D eigenvalue weighted by atomic mass is 35.5. The number of ether oxygens (including phenoxy) is 2. The average Bonchev–Trinajstić information content (AvgIpc) is 3.52. The van der Waals surface area contributed by atoms with Crippen LogP contribution in [0.2, 0.25) is 5.02 Å². The highest BCUT2D eigenvalue weighted by Gasteiger charge is 2.43. The van der Waals surface area contributed by atoms with E-state index in [1.165, 1.54) is 26.2 Å². The first-order valence-corrected chi connectivity index (χ1v) is 15.0. The molecule has 242 valence electrons. The number of methoxy groups -OCH3 is 1. The van der Waals surface area contributed by atoms with Crippen LogP contribution < -0.4 is 10.2 Å². The van der Waals surface area contributed by atoms with Crippen molar-refractivity contribution in [2.45, 2.75) is 77.0 Å². The third kappa shape index (κ3) is 7.80. The Balaban J connectivity index is 1.75. The fraction of sp³-hybridized carbons (Fsp3) is 0.600. The van der Waals surface area contributed by atoms with Crippen LogP contribution in [0.25, 0.3) is 0 Å². The van der Waals surface area contributed by atoms with E-state index >= 15 is 0 Å². The SMILES string of the molecule is COCn1nc(C(=O)N2C[C@@H](F)C[C@H]2C(=O)N(C)OC)c(Cc2ccccc2Cl)c1N1CCC[C@@H](NC(=O)OC(C)(C)C)C1. The number of nitrogens with one attached hydrogen (secondary N) is 1. The molecule has 3 amide bonds. The zero-order chi connectivity index (χ0) is 32.2. The molecular formula is C30H42ClFN6O6. The number of hydrogen-bond acceptors (Lipinski definition) is 8. The summed E-state index contributed by atoms with van der Waals surface area (Å²) in [4.78, 5) is 48.2. The lowest BCUT2D eigenvalue weighted by Gasteiger charge is -2.35. The van der Waals surface area contributed by atoms with E-state index in [1.807, 2.05) is 18.2 Å². The number of aromatic nitrogens is 2. The Morgan fingerprint density at radius 3 is 2.57 bits per heavy atom. The van der Waals surface area contributed by atoms with Crippen molar-refractivity contribution in [2.75, 3.05) is 45.8 Å². The summed E-state index contributed by atoms with van der Waals surface area (Å²) in [5.74, 6) is -0.484. The van der Waals surface area contributed by atoms with Crippen LogP contribution in [-0.2, 0) is 32.3 Å². The molecule has 0 bridgehead atoms. The Bertz CT molecular complexity index is 1350. The summed E-state index contributed by atoms with van der Waals surface area (Å²) in [6, 6.07) is 6.03. The zero-order valence-corrected chi connectivity index (χ0v) is 26.9. The second-order valence-electron chi connectivity index (χ2n) is 12.1. The molecule has 2 aliphatic heterocycles. The van der Waals surface area contributed by atoms with Gasteiger partial charge < -0.3 is 24.6 Å². The molecule has 2 fully saturated rings.